The fourth-order valence-corrected chi connectivity index (χ4v) is 3.73. The largest absolute Gasteiger partial charge is 0.278 e. The van der Waals surface area contributed by atoms with Gasteiger partial charge in [-0.1, -0.05) is 24.3 Å². The zero-order chi connectivity index (χ0) is 15.7. The minimum absolute atomic E-state index is 0.0479. The van der Waals surface area contributed by atoms with Crippen molar-refractivity contribution >= 4 is 25.7 Å². The van der Waals surface area contributed by atoms with Gasteiger partial charge in [0.05, 0.1) is 10.6 Å². The van der Waals surface area contributed by atoms with E-state index in [4.69, 9.17) is 5.14 Å². The van der Waals surface area contributed by atoms with E-state index in [1.807, 2.05) is 0 Å². The van der Waals surface area contributed by atoms with Gasteiger partial charge >= 0.3 is 0 Å². The molecule has 0 spiro atoms. The highest BCUT2D eigenvalue weighted by molar-refractivity contribution is 7.93. The molecule has 0 fully saturated rings. The molecule has 0 saturated carbocycles. The number of hydrogen-bond donors (Lipinski definition) is 2. The maximum absolute atomic E-state index is 12.3. The Hall–Kier alpha value is -1.90. The van der Waals surface area contributed by atoms with E-state index in [-0.39, 0.29) is 15.5 Å². The molecular weight excluding hydrogens is 312 g/mol. The van der Waals surface area contributed by atoms with Gasteiger partial charge in [-0.25, -0.2) is 22.0 Å². The Kier molecular flexibility index (Phi) is 4.04. The molecule has 2 aromatic rings. The van der Waals surface area contributed by atoms with Gasteiger partial charge in [0.15, 0.2) is 0 Å². The fraction of sp³-hybridized carbons (Fsp3) is 0.0769. The van der Waals surface area contributed by atoms with Crippen molar-refractivity contribution in [2.45, 2.75) is 16.7 Å². The minimum atomic E-state index is -4.02. The van der Waals surface area contributed by atoms with Crippen LogP contribution in [0.3, 0.4) is 0 Å². The second kappa shape index (κ2) is 5.47. The third-order valence-corrected chi connectivity index (χ3v) is 5.07. The van der Waals surface area contributed by atoms with Crippen molar-refractivity contribution in [3.8, 4) is 0 Å². The van der Waals surface area contributed by atoms with Crippen molar-refractivity contribution in [3.63, 3.8) is 0 Å². The maximum atomic E-state index is 12.3. The van der Waals surface area contributed by atoms with E-state index in [2.05, 4.69) is 4.72 Å². The second-order valence-corrected chi connectivity index (χ2v) is 7.68. The molecule has 0 aromatic heterocycles. The Morgan fingerprint density at radius 3 is 2.24 bits per heavy atom. The van der Waals surface area contributed by atoms with E-state index >= 15 is 0 Å². The average molecular weight is 326 g/mol. The van der Waals surface area contributed by atoms with Crippen LogP contribution in [-0.2, 0) is 20.0 Å². The molecule has 8 heteroatoms. The maximum Gasteiger partial charge on any atom is 0.261 e. The highest BCUT2D eigenvalue weighted by Crippen LogP contribution is 2.23. The lowest BCUT2D eigenvalue weighted by molar-refractivity contribution is 0.598. The van der Waals surface area contributed by atoms with Crippen molar-refractivity contribution in [1.82, 2.24) is 0 Å². The molecule has 112 valence electrons. The molecule has 0 amide bonds. The summed E-state index contributed by atoms with van der Waals surface area (Å²) in [7, 11) is -7.91. The molecule has 0 unspecified atom stereocenters. The SMILES string of the molecule is Cc1cccc(S(=O)(=O)Nc2ccccc2S(N)(=O)=O)c1. The summed E-state index contributed by atoms with van der Waals surface area (Å²) in [5.41, 5.74) is 0.694. The Bertz CT molecular complexity index is 875. The molecule has 0 aliphatic carbocycles. The summed E-state index contributed by atoms with van der Waals surface area (Å²) in [5.74, 6) is 0. The summed E-state index contributed by atoms with van der Waals surface area (Å²) in [5, 5.41) is 5.08. The smallest absolute Gasteiger partial charge is 0.261 e. The summed E-state index contributed by atoms with van der Waals surface area (Å²) in [6, 6.07) is 11.8. The molecule has 0 atom stereocenters. The van der Waals surface area contributed by atoms with Gasteiger partial charge in [0.25, 0.3) is 10.0 Å². The summed E-state index contributed by atoms with van der Waals surface area (Å²) in [4.78, 5) is -0.229. The van der Waals surface area contributed by atoms with Gasteiger partial charge in [0.1, 0.15) is 4.90 Å². The van der Waals surface area contributed by atoms with Gasteiger partial charge in [-0.15, -0.1) is 0 Å². The van der Waals surface area contributed by atoms with Gasteiger partial charge < -0.3 is 0 Å². The number of rotatable bonds is 4. The van der Waals surface area contributed by atoms with Crippen LogP contribution in [-0.4, -0.2) is 16.8 Å². The van der Waals surface area contributed by atoms with Gasteiger partial charge in [-0.3, -0.25) is 4.72 Å². The van der Waals surface area contributed by atoms with Crippen molar-refractivity contribution < 1.29 is 16.8 Å². The number of sulfonamides is 2. The summed E-state index contributed by atoms with van der Waals surface area (Å²) in [6.07, 6.45) is 0. The van der Waals surface area contributed by atoms with E-state index in [0.717, 1.165) is 5.56 Å². The van der Waals surface area contributed by atoms with E-state index in [0.29, 0.717) is 0 Å². The number of primary sulfonamides is 1. The third-order valence-electron chi connectivity index (χ3n) is 2.74. The number of benzene rings is 2. The molecule has 0 heterocycles. The van der Waals surface area contributed by atoms with Crippen LogP contribution in [0.25, 0.3) is 0 Å². The Morgan fingerprint density at radius 1 is 0.952 bits per heavy atom. The quantitative estimate of drug-likeness (QED) is 0.886. The Balaban J connectivity index is 2.48. The average Bonchev–Trinajstić information content (AvgIpc) is 2.37. The molecule has 0 saturated heterocycles. The van der Waals surface area contributed by atoms with Gasteiger partial charge in [-0.05, 0) is 36.8 Å². The molecule has 0 aliphatic rings. The van der Waals surface area contributed by atoms with Crippen LogP contribution in [0, 0.1) is 6.92 Å². The number of nitrogens with one attached hydrogen (secondary N) is 1. The first-order valence-corrected chi connectivity index (χ1v) is 8.94. The molecule has 0 radical (unpaired) electrons. The van der Waals surface area contributed by atoms with Crippen LogP contribution in [0.2, 0.25) is 0 Å². The van der Waals surface area contributed by atoms with Crippen LogP contribution in [0.5, 0.6) is 0 Å². The van der Waals surface area contributed by atoms with Gasteiger partial charge in [0.2, 0.25) is 10.0 Å². The number of para-hydroxylation sites is 1. The lowest BCUT2D eigenvalue weighted by Crippen LogP contribution is -2.18. The molecule has 2 aromatic carbocycles. The van der Waals surface area contributed by atoms with Gasteiger partial charge in [0, 0.05) is 0 Å². The van der Waals surface area contributed by atoms with E-state index in [1.54, 1.807) is 19.1 Å². The van der Waals surface area contributed by atoms with E-state index in [9.17, 15) is 16.8 Å². The van der Waals surface area contributed by atoms with Crippen LogP contribution >= 0.6 is 0 Å². The topological polar surface area (TPSA) is 106 Å². The molecule has 0 bridgehead atoms. The van der Waals surface area contributed by atoms with Gasteiger partial charge in [-0.2, -0.15) is 0 Å². The lowest BCUT2D eigenvalue weighted by atomic mass is 10.2. The predicted molar refractivity (Wildman–Crippen MR) is 79.8 cm³/mol. The standard InChI is InChI=1S/C13H14N2O4S2/c1-10-5-4-6-11(9-10)21(18,19)15-12-7-2-3-8-13(12)20(14,16)17/h2-9,15H,1H3,(H2,14,16,17). The molecule has 2 rings (SSSR count). The first-order chi connectivity index (χ1) is 9.70. The Labute approximate surface area is 123 Å². The number of nitrogens with two attached hydrogens (primary N) is 1. The fourth-order valence-electron chi connectivity index (χ4n) is 1.79. The molecule has 0 aliphatic heterocycles. The van der Waals surface area contributed by atoms with Crippen molar-refractivity contribution in [3.05, 3.63) is 54.1 Å². The van der Waals surface area contributed by atoms with Crippen molar-refractivity contribution in [1.29, 1.82) is 0 Å². The monoisotopic (exact) mass is 326 g/mol. The highest BCUT2D eigenvalue weighted by atomic mass is 32.2. The normalized spacial score (nSPS) is 12.1. The third kappa shape index (κ3) is 3.60. The summed E-state index contributed by atoms with van der Waals surface area (Å²) in [6.45, 7) is 1.76. The zero-order valence-corrected chi connectivity index (χ0v) is 12.8. The first-order valence-electron chi connectivity index (χ1n) is 5.91. The van der Waals surface area contributed by atoms with Crippen LogP contribution in [0.15, 0.2) is 58.3 Å². The van der Waals surface area contributed by atoms with Crippen LogP contribution in [0.4, 0.5) is 5.69 Å². The highest BCUT2D eigenvalue weighted by Gasteiger charge is 2.19. The van der Waals surface area contributed by atoms with Crippen molar-refractivity contribution in [2.75, 3.05) is 4.72 Å². The molecule has 21 heavy (non-hydrogen) atoms. The molecular formula is C13H14N2O4S2. The molecule has 6 nitrogen and oxygen atoms in total. The lowest BCUT2D eigenvalue weighted by Gasteiger charge is -2.11. The number of aryl methyl sites for hydroxylation is 1. The van der Waals surface area contributed by atoms with Crippen molar-refractivity contribution in [2.24, 2.45) is 5.14 Å². The number of hydrogen-bond acceptors (Lipinski definition) is 4. The number of anilines is 1. The molecule has 3 N–H and O–H groups in total. The van der Waals surface area contributed by atoms with E-state index in [1.165, 1.54) is 36.4 Å². The summed E-state index contributed by atoms with van der Waals surface area (Å²) >= 11 is 0. The zero-order valence-electron chi connectivity index (χ0n) is 11.1. The Morgan fingerprint density at radius 2 is 1.62 bits per heavy atom. The van der Waals surface area contributed by atoms with Crippen LogP contribution < -0.4 is 9.86 Å². The minimum Gasteiger partial charge on any atom is -0.278 e. The first kappa shape index (κ1) is 15.5. The summed E-state index contributed by atoms with van der Waals surface area (Å²) < 4.78 is 49.8. The van der Waals surface area contributed by atoms with E-state index < -0.39 is 20.0 Å². The van der Waals surface area contributed by atoms with Crippen LogP contribution in [0.1, 0.15) is 5.56 Å². The predicted octanol–water partition coefficient (Wildman–Crippen LogP) is 1.44. The second-order valence-electron chi connectivity index (χ2n) is 4.46.